The second-order valence-electron chi connectivity index (χ2n) is 8.66. The van der Waals surface area contributed by atoms with E-state index in [9.17, 15) is 30.7 Å². The maximum absolute atomic E-state index is 14.6. The molecule has 4 aromatic rings. The minimum atomic E-state index is -5.61. The van der Waals surface area contributed by atoms with Crippen LogP contribution in [0.15, 0.2) is 60.7 Å². The number of hydrogen-bond donors (Lipinski definition) is 0. The quantitative estimate of drug-likeness (QED) is 0.189. The molecule has 208 valence electrons. The zero-order valence-electron chi connectivity index (χ0n) is 20.3. The molecule has 1 aliphatic rings. The molecule has 3 aromatic carbocycles. The number of halogens is 8. The average molecular weight is 583 g/mol. The predicted molar refractivity (Wildman–Crippen MR) is 135 cm³/mol. The normalized spacial score (nSPS) is 14.0. The molecule has 0 spiro atoms. The molecule has 1 aromatic heterocycles. The van der Waals surface area contributed by atoms with Gasteiger partial charge in [0.2, 0.25) is 17.2 Å². The van der Waals surface area contributed by atoms with E-state index >= 15 is 0 Å². The van der Waals surface area contributed by atoms with E-state index in [2.05, 4.69) is 15.0 Å². The van der Waals surface area contributed by atoms with Gasteiger partial charge in [0.1, 0.15) is 11.3 Å². The summed E-state index contributed by atoms with van der Waals surface area (Å²) >= 11 is 6.24. The molecule has 1 saturated heterocycles. The number of rotatable bonds is 5. The number of alkyl halides is 3. The zero-order valence-corrected chi connectivity index (χ0v) is 21.1. The van der Waals surface area contributed by atoms with Crippen LogP contribution in [0.2, 0.25) is 5.28 Å². The topological polar surface area (TPSA) is 48.4 Å². The van der Waals surface area contributed by atoms with Crippen molar-refractivity contribution in [3.05, 3.63) is 94.8 Å². The van der Waals surface area contributed by atoms with Crippen LogP contribution < -0.4 is 14.7 Å². The van der Waals surface area contributed by atoms with Crippen LogP contribution in [-0.4, -0.2) is 41.1 Å². The SMILES string of the molecule is Fc1c(F)c(C(F)(F)F)c(F)c(F)c1N1CCN(c2nc(Cl)nc(N(c3ccccc3)c3ccccc3)n2)CC1. The lowest BCUT2D eigenvalue weighted by molar-refractivity contribution is -0.143. The molecule has 0 aliphatic carbocycles. The van der Waals surface area contributed by atoms with E-state index in [-0.39, 0.29) is 43.4 Å². The van der Waals surface area contributed by atoms with E-state index in [1.165, 1.54) is 0 Å². The van der Waals surface area contributed by atoms with Gasteiger partial charge in [-0.2, -0.15) is 28.1 Å². The molecule has 5 rings (SSSR count). The monoisotopic (exact) mass is 582 g/mol. The van der Waals surface area contributed by atoms with E-state index in [1.807, 2.05) is 60.7 Å². The van der Waals surface area contributed by atoms with Gasteiger partial charge in [0, 0.05) is 37.6 Å². The van der Waals surface area contributed by atoms with Gasteiger partial charge in [-0.05, 0) is 35.9 Å². The number of nitrogens with zero attached hydrogens (tertiary/aromatic N) is 6. The summed E-state index contributed by atoms with van der Waals surface area (Å²) in [6, 6.07) is 18.4. The fourth-order valence-electron chi connectivity index (χ4n) is 4.38. The second kappa shape index (κ2) is 10.8. The van der Waals surface area contributed by atoms with Gasteiger partial charge >= 0.3 is 6.18 Å². The van der Waals surface area contributed by atoms with Crippen molar-refractivity contribution in [3.63, 3.8) is 0 Å². The van der Waals surface area contributed by atoms with Crippen LogP contribution in [0.3, 0.4) is 0 Å². The maximum atomic E-state index is 14.6. The summed E-state index contributed by atoms with van der Waals surface area (Å²) in [4.78, 5) is 17.2. The number of aromatic nitrogens is 3. The van der Waals surface area contributed by atoms with Crippen LogP contribution in [0.4, 0.5) is 59.7 Å². The minimum Gasteiger partial charge on any atom is -0.363 e. The molecular formula is C26H18ClF7N6. The molecule has 40 heavy (non-hydrogen) atoms. The van der Waals surface area contributed by atoms with Crippen LogP contribution >= 0.6 is 11.6 Å². The molecular weight excluding hydrogens is 565 g/mol. The van der Waals surface area contributed by atoms with Crippen molar-refractivity contribution in [2.75, 3.05) is 40.9 Å². The Balaban J connectivity index is 1.44. The van der Waals surface area contributed by atoms with Crippen LogP contribution in [0.1, 0.15) is 5.56 Å². The van der Waals surface area contributed by atoms with Gasteiger partial charge in [0.25, 0.3) is 0 Å². The smallest absolute Gasteiger partial charge is 0.363 e. The molecule has 2 heterocycles. The highest BCUT2D eigenvalue weighted by Gasteiger charge is 2.43. The molecule has 0 bridgehead atoms. The van der Waals surface area contributed by atoms with Crippen LogP contribution in [0.5, 0.6) is 0 Å². The standard InChI is InChI=1S/C26H18ClF7N6/c27-23-35-24(37-25(36-23)40(15-7-3-1-4-8-15)16-9-5-2-6-10-16)39-13-11-38(12-14-39)22-20(30)18(28)17(26(32,33)34)19(29)21(22)31/h1-10H,11-14H2. The Morgan fingerprint density at radius 2 is 1.12 bits per heavy atom. The summed E-state index contributed by atoms with van der Waals surface area (Å²) in [6.45, 7) is -0.422. The summed E-state index contributed by atoms with van der Waals surface area (Å²) in [7, 11) is 0. The van der Waals surface area contributed by atoms with E-state index in [1.54, 1.807) is 9.80 Å². The lowest BCUT2D eigenvalue weighted by atomic mass is 10.1. The summed E-state index contributed by atoms with van der Waals surface area (Å²) < 4.78 is 96.3. The first-order valence-corrected chi connectivity index (χ1v) is 12.2. The van der Waals surface area contributed by atoms with Crippen molar-refractivity contribution < 1.29 is 30.7 Å². The molecule has 0 atom stereocenters. The zero-order chi connectivity index (χ0) is 28.6. The number of anilines is 5. The van der Waals surface area contributed by atoms with E-state index < -0.39 is 40.7 Å². The van der Waals surface area contributed by atoms with Gasteiger partial charge in [-0.15, -0.1) is 0 Å². The van der Waals surface area contributed by atoms with Gasteiger partial charge in [0.15, 0.2) is 23.3 Å². The third kappa shape index (κ3) is 5.20. The number of piperazine rings is 1. The van der Waals surface area contributed by atoms with Gasteiger partial charge in [0.05, 0.1) is 0 Å². The van der Waals surface area contributed by atoms with Crippen LogP contribution in [0, 0.1) is 23.3 Å². The molecule has 0 amide bonds. The number of para-hydroxylation sites is 2. The number of hydrogen-bond acceptors (Lipinski definition) is 6. The Hall–Kier alpha value is -4.13. The maximum Gasteiger partial charge on any atom is 0.422 e. The van der Waals surface area contributed by atoms with Crippen molar-refractivity contribution in [2.45, 2.75) is 6.18 Å². The predicted octanol–water partition coefficient (Wildman–Crippen LogP) is 6.90. The molecule has 1 fully saturated rings. The lowest BCUT2D eigenvalue weighted by Gasteiger charge is -2.36. The van der Waals surface area contributed by atoms with E-state index in [0.717, 1.165) is 16.3 Å². The Morgan fingerprint density at radius 3 is 1.60 bits per heavy atom. The third-order valence-electron chi connectivity index (χ3n) is 6.22. The molecule has 6 nitrogen and oxygen atoms in total. The summed E-state index contributed by atoms with van der Waals surface area (Å²) in [6.07, 6.45) is -5.61. The Labute approximate surface area is 228 Å². The van der Waals surface area contributed by atoms with Crippen LogP contribution in [0.25, 0.3) is 0 Å². The van der Waals surface area contributed by atoms with Gasteiger partial charge in [-0.3, -0.25) is 4.90 Å². The molecule has 14 heteroatoms. The minimum absolute atomic E-state index is 0.000400. The Kier molecular flexibility index (Phi) is 7.41. The van der Waals surface area contributed by atoms with Crippen LogP contribution in [-0.2, 0) is 6.18 Å². The average Bonchev–Trinajstić information content (AvgIpc) is 2.93. The second-order valence-corrected chi connectivity index (χ2v) is 9.00. The summed E-state index contributed by atoms with van der Waals surface area (Å²) in [5.74, 6) is -8.94. The Morgan fingerprint density at radius 1 is 0.650 bits per heavy atom. The van der Waals surface area contributed by atoms with Gasteiger partial charge in [-0.1, -0.05) is 36.4 Å². The van der Waals surface area contributed by atoms with Crippen molar-refractivity contribution in [1.29, 1.82) is 0 Å². The largest absolute Gasteiger partial charge is 0.422 e. The third-order valence-corrected chi connectivity index (χ3v) is 6.38. The summed E-state index contributed by atoms with van der Waals surface area (Å²) in [5.41, 5.74) is -2.37. The van der Waals surface area contributed by atoms with Crippen molar-refractivity contribution in [2.24, 2.45) is 0 Å². The highest BCUT2D eigenvalue weighted by atomic mass is 35.5. The fraction of sp³-hybridized carbons (Fsp3) is 0.192. The number of benzene rings is 3. The molecule has 0 radical (unpaired) electrons. The van der Waals surface area contributed by atoms with E-state index in [0.29, 0.717) is 0 Å². The fourth-order valence-corrected chi connectivity index (χ4v) is 4.53. The molecule has 0 N–H and O–H groups in total. The highest BCUT2D eigenvalue weighted by Crippen LogP contribution is 2.40. The first kappa shape index (κ1) is 27.4. The Bertz CT molecular complexity index is 1450. The van der Waals surface area contributed by atoms with Gasteiger partial charge in [-0.25, -0.2) is 17.6 Å². The van der Waals surface area contributed by atoms with E-state index in [4.69, 9.17) is 11.6 Å². The van der Waals surface area contributed by atoms with Crippen molar-refractivity contribution >= 4 is 40.6 Å². The van der Waals surface area contributed by atoms with Gasteiger partial charge < -0.3 is 9.80 Å². The molecule has 0 unspecified atom stereocenters. The highest BCUT2D eigenvalue weighted by molar-refractivity contribution is 6.28. The first-order chi connectivity index (χ1) is 19.1. The first-order valence-electron chi connectivity index (χ1n) is 11.8. The van der Waals surface area contributed by atoms with Crippen molar-refractivity contribution in [3.8, 4) is 0 Å². The van der Waals surface area contributed by atoms with Crippen molar-refractivity contribution in [1.82, 2.24) is 15.0 Å². The molecule has 1 aliphatic heterocycles. The summed E-state index contributed by atoms with van der Waals surface area (Å²) in [5, 5.41) is -0.136. The lowest BCUT2D eigenvalue weighted by Crippen LogP contribution is -2.48. The molecule has 0 saturated carbocycles.